The van der Waals surface area contributed by atoms with Crippen molar-refractivity contribution in [1.29, 1.82) is 0 Å². The van der Waals surface area contributed by atoms with E-state index in [1.54, 1.807) is 7.11 Å². The molecule has 20 heavy (non-hydrogen) atoms. The summed E-state index contributed by atoms with van der Waals surface area (Å²) >= 11 is 0. The molecule has 1 rings (SSSR count). The van der Waals surface area contributed by atoms with Crippen molar-refractivity contribution < 1.29 is 14.2 Å². The van der Waals surface area contributed by atoms with Crippen LogP contribution < -0.4 is 5.32 Å². The lowest BCUT2D eigenvalue weighted by atomic mass is 10.2. The first-order valence-electron chi connectivity index (χ1n) is 7.89. The Morgan fingerprint density at radius 3 is 2.50 bits per heavy atom. The van der Waals surface area contributed by atoms with E-state index in [9.17, 15) is 0 Å². The lowest BCUT2D eigenvalue weighted by Crippen LogP contribution is -2.41. The van der Waals surface area contributed by atoms with Crippen LogP contribution >= 0.6 is 0 Å². The molecule has 0 spiro atoms. The molecule has 2 atom stereocenters. The van der Waals surface area contributed by atoms with Crippen LogP contribution in [0.2, 0.25) is 0 Å². The van der Waals surface area contributed by atoms with E-state index < -0.39 is 0 Å². The maximum atomic E-state index is 5.65. The fraction of sp³-hybridized carbons (Fsp3) is 1.00. The molecule has 5 nitrogen and oxygen atoms in total. The Bertz CT molecular complexity index is 229. The lowest BCUT2D eigenvalue weighted by molar-refractivity contribution is 0.0169. The standard InChI is InChI=1S/C15H32N2O3/c1-4-15-13-17(14(2)5-6-16-15)7-8-19-11-12-20-10-9-18-3/h14-16H,4-13H2,1-3H3. The van der Waals surface area contributed by atoms with E-state index in [1.165, 1.54) is 12.8 Å². The fourth-order valence-electron chi connectivity index (χ4n) is 2.44. The van der Waals surface area contributed by atoms with Crippen molar-refractivity contribution in [2.45, 2.75) is 38.8 Å². The van der Waals surface area contributed by atoms with Crippen LogP contribution in [0, 0.1) is 0 Å². The molecule has 0 saturated carbocycles. The monoisotopic (exact) mass is 288 g/mol. The van der Waals surface area contributed by atoms with E-state index in [0.29, 0.717) is 38.5 Å². The summed E-state index contributed by atoms with van der Waals surface area (Å²) in [5.74, 6) is 0. The van der Waals surface area contributed by atoms with Gasteiger partial charge in [0.1, 0.15) is 0 Å². The molecule has 0 bridgehead atoms. The summed E-state index contributed by atoms with van der Waals surface area (Å²) in [7, 11) is 1.68. The van der Waals surface area contributed by atoms with Crippen molar-refractivity contribution in [2.24, 2.45) is 0 Å². The number of hydrogen-bond acceptors (Lipinski definition) is 5. The third kappa shape index (κ3) is 7.55. The Hall–Kier alpha value is -0.200. The highest BCUT2D eigenvalue weighted by molar-refractivity contribution is 4.79. The van der Waals surface area contributed by atoms with Gasteiger partial charge in [-0.3, -0.25) is 4.90 Å². The molecule has 0 radical (unpaired) electrons. The number of nitrogens with zero attached hydrogens (tertiary/aromatic N) is 1. The van der Waals surface area contributed by atoms with Gasteiger partial charge in [0.2, 0.25) is 0 Å². The van der Waals surface area contributed by atoms with Gasteiger partial charge < -0.3 is 19.5 Å². The van der Waals surface area contributed by atoms with Crippen molar-refractivity contribution in [3.63, 3.8) is 0 Å². The number of methoxy groups -OCH3 is 1. The van der Waals surface area contributed by atoms with Crippen molar-refractivity contribution in [3.05, 3.63) is 0 Å². The molecule has 5 heteroatoms. The van der Waals surface area contributed by atoms with Crippen LogP contribution in [0.3, 0.4) is 0 Å². The lowest BCUT2D eigenvalue weighted by Gasteiger charge is -2.28. The van der Waals surface area contributed by atoms with E-state index in [0.717, 1.165) is 26.2 Å². The number of hydrogen-bond donors (Lipinski definition) is 1. The molecule has 1 fully saturated rings. The average Bonchev–Trinajstić information content (AvgIpc) is 2.64. The molecule has 0 aromatic rings. The molecule has 0 aromatic heterocycles. The van der Waals surface area contributed by atoms with Crippen LogP contribution in [0.15, 0.2) is 0 Å². The van der Waals surface area contributed by atoms with Crippen LogP contribution in [0.25, 0.3) is 0 Å². The third-order valence-electron chi connectivity index (χ3n) is 3.89. The first-order valence-corrected chi connectivity index (χ1v) is 7.89. The molecule has 0 aromatic carbocycles. The Labute approximate surface area is 123 Å². The Morgan fingerprint density at radius 2 is 1.80 bits per heavy atom. The zero-order valence-electron chi connectivity index (χ0n) is 13.4. The van der Waals surface area contributed by atoms with E-state index >= 15 is 0 Å². The minimum atomic E-state index is 0.623. The molecule has 1 saturated heterocycles. The quantitative estimate of drug-likeness (QED) is 0.610. The van der Waals surface area contributed by atoms with Gasteiger partial charge in [0, 0.05) is 32.3 Å². The first kappa shape index (κ1) is 17.9. The molecule has 1 heterocycles. The predicted octanol–water partition coefficient (Wildman–Crippen LogP) is 1.13. The van der Waals surface area contributed by atoms with E-state index in [4.69, 9.17) is 14.2 Å². The maximum absolute atomic E-state index is 5.65. The van der Waals surface area contributed by atoms with Gasteiger partial charge in [0.05, 0.1) is 33.0 Å². The highest BCUT2D eigenvalue weighted by Crippen LogP contribution is 2.10. The summed E-state index contributed by atoms with van der Waals surface area (Å²) in [6.07, 6.45) is 2.41. The molecule has 120 valence electrons. The zero-order chi connectivity index (χ0) is 14.6. The first-order chi connectivity index (χ1) is 9.77. The molecule has 0 aliphatic carbocycles. The Balaban J connectivity index is 2.06. The molecular formula is C15H32N2O3. The number of ether oxygens (including phenoxy) is 3. The normalized spacial score (nSPS) is 24.8. The number of nitrogens with one attached hydrogen (secondary N) is 1. The second-order valence-electron chi connectivity index (χ2n) is 5.41. The average molecular weight is 288 g/mol. The van der Waals surface area contributed by atoms with Gasteiger partial charge in [0.25, 0.3) is 0 Å². The van der Waals surface area contributed by atoms with Gasteiger partial charge in [0.15, 0.2) is 0 Å². The van der Waals surface area contributed by atoms with Crippen LogP contribution in [0.4, 0.5) is 0 Å². The minimum absolute atomic E-state index is 0.623. The molecule has 2 unspecified atom stereocenters. The topological polar surface area (TPSA) is 43.0 Å². The summed E-state index contributed by atoms with van der Waals surface area (Å²) in [5.41, 5.74) is 0. The summed E-state index contributed by atoms with van der Waals surface area (Å²) in [4.78, 5) is 2.54. The summed E-state index contributed by atoms with van der Waals surface area (Å²) in [6, 6.07) is 1.26. The van der Waals surface area contributed by atoms with Crippen LogP contribution in [0.5, 0.6) is 0 Å². The Kier molecular flexibility index (Phi) is 10.2. The molecule has 1 aliphatic rings. The van der Waals surface area contributed by atoms with Crippen molar-refractivity contribution >= 4 is 0 Å². The highest BCUT2D eigenvalue weighted by atomic mass is 16.5. The fourth-order valence-corrected chi connectivity index (χ4v) is 2.44. The van der Waals surface area contributed by atoms with Crippen molar-refractivity contribution in [2.75, 3.05) is 59.8 Å². The Morgan fingerprint density at radius 1 is 1.10 bits per heavy atom. The van der Waals surface area contributed by atoms with Crippen molar-refractivity contribution in [3.8, 4) is 0 Å². The second-order valence-corrected chi connectivity index (χ2v) is 5.41. The van der Waals surface area contributed by atoms with Gasteiger partial charge in [-0.25, -0.2) is 0 Å². The largest absolute Gasteiger partial charge is 0.382 e. The van der Waals surface area contributed by atoms with Crippen molar-refractivity contribution in [1.82, 2.24) is 10.2 Å². The van der Waals surface area contributed by atoms with Crippen LogP contribution in [-0.2, 0) is 14.2 Å². The molecule has 1 N–H and O–H groups in total. The molecular weight excluding hydrogens is 256 g/mol. The second kappa shape index (κ2) is 11.5. The third-order valence-corrected chi connectivity index (χ3v) is 3.89. The van der Waals surface area contributed by atoms with Gasteiger partial charge in [-0.15, -0.1) is 0 Å². The summed E-state index contributed by atoms with van der Waals surface area (Å²) < 4.78 is 15.9. The highest BCUT2D eigenvalue weighted by Gasteiger charge is 2.21. The molecule has 0 amide bonds. The summed E-state index contributed by atoms with van der Waals surface area (Å²) in [6.45, 7) is 11.2. The van der Waals surface area contributed by atoms with Gasteiger partial charge in [-0.1, -0.05) is 6.92 Å². The maximum Gasteiger partial charge on any atom is 0.0701 e. The zero-order valence-corrected chi connectivity index (χ0v) is 13.4. The van der Waals surface area contributed by atoms with Crippen LogP contribution in [-0.4, -0.2) is 76.8 Å². The van der Waals surface area contributed by atoms with E-state index in [-0.39, 0.29) is 0 Å². The summed E-state index contributed by atoms with van der Waals surface area (Å²) in [5, 5.41) is 3.61. The SMILES string of the molecule is CCC1CN(CCOCCOCCOC)C(C)CCN1. The smallest absolute Gasteiger partial charge is 0.0701 e. The predicted molar refractivity (Wildman–Crippen MR) is 81.2 cm³/mol. The van der Waals surface area contributed by atoms with Crippen LogP contribution in [0.1, 0.15) is 26.7 Å². The van der Waals surface area contributed by atoms with Gasteiger partial charge in [-0.2, -0.15) is 0 Å². The number of rotatable bonds is 10. The van der Waals surface area contributed by atoms with Gasteiger partial charge >= 0.3 is 0 Å². The molecule has 1 aliphatic heterocycles. The van der Waals surface area contributed by atoms with E-state index in [1.807, 2.05) is 0 Å². The van der Waals surface area contributed by atoms with Gasteiger partial charge in [-0.05, 0) is 26.3 Å². The minimum Gasteiger partial charge on any atom is -0.382 e. The van der Waals surface area contributed by atoms with E-state index in [2.05, 4.69) is 24.1 Å².